The van der Waals surface area contributed by atoms with Gasteiger partial charge < -0.3 is 5.11 Å². The lowest BCUT2D eigenvalue weighted by Crippen LogP contribution is -2.36. The second kappa shape index (κ2) is 6.53. The molecule has 1 N–H and O–H groups in total. The van der Waals surface area contributed by atoms with Gasteiger partial charge in [-0.25, -0.2) is 8.42 Å². The van der Waals surface area contributed by atoms with Gasteiger partial charge >= 0.3 is 0 Å². The monoisotopic (exact) mass is 299 g/mol. The van der Waals surface area contributed by atoms with E-state index in [0.717, 1.165) is 22.6 Å². The number of thiophene rings is 1. The van der Waals surface area contributed by atoms with E-state index in [1.54, 1.807) is 4.31 Å². The number of sulfonamides is 1. The summed E-state index contributed by atoms with van der Waals surface area (Å²) in [6, 6.07) is 3.83. The molecule has 19 heavy (non-hydrogen) atoms. The van der Waals surface area contributed by atoms with E-state index in [-0.39, 0.29) is 12.4 Å². The van der Waals surface area contributed by atoms with Crippen LogP contribution < -0.4 is 0 Å². The van der Waals surface area contributed by atoms with Gasteiger partial charge in [0.15, 0.2) is 0 Å². The third-order valence-corrected chi connectivity index (χ3v) is 5.78. The van der Waals surface area contributed by atoms with Crippen LogP contribution in [0.5, 0.6) is 0 Å². The Labute approximate surface area is 118 Å². The molecule has 0 amide bonds. The highest BCUT2D eigenvalue weighted by atomic mass is 32.2. The molecule has 0 radical (unpaired) electrons. The first kappa shape index (κ1) is 14.5. The molecule has 1 aliphatic rings. The molecule has 0 aromatic carbocycles. The van der Waals surface area contributed by atoms with Gasteiger partial charge in [0.05, 0.1) is 17.2 Å². The standard InChI is InChI=1S/C13H17NO3S2/c15-9-3-1-5-12-6-7-13(18-12)11-14-8-2-4-10-19(14,16)17/h6-7,15H,2-4,8-11H2. The van der Waals surface area contributed by atoms with Gasteiger partial charge in [-0.3, -0.25) is 0 Å². The smallest absolute Gasteiger partial charge is 0.214 e. The Kier molecular flexibility index (Phi) is 4.99. The molecule has 2 heterocycles. The Bertz CT molecular complexity index is 581. The molecule has 1 fully saturated rings. The Morgan fingerprint density at radius 1 is 1.37 bits per heavy atom. The van der Waals surface area contributed by atoms with Crippen molar-refractivity contribution in [2.45, 2.75) is 25.8 Å². The van der Waals surface area contributed by atoms with Crippen molar-refractivity contribution in [3.8, 4) is 11.8 Å². The van der Waals surface area contributed by atoms with Gasteiger partial charge in [0, 0.05) is 24.4 Å². The topological polar surface area (TPSA) is 57.6 Å². The van der Waals surface area contributed by atoms with Gasteiger partial charge in [0.25, 0.3) is 0 Å². The molecule has 0 atom stereocenters. The molecule has 104 valence electrons. The predicted octanol–water partition coefficient (Wildman–Crippen LogP) is 1.41. The Morgan fingerprint density at radius 2 is 2.21 bits per heavy atom. The second-order valence-corrected chi connectivity index (χ2v) is 7.65. The van der Waals surface area contributed by atoms with Crippen molar-refractivity contribution in [1.82, 2.24) is 4.31 Å². The number of aliphatic hydroxyl groups is 1. The zero-order valence-electron chi connectivity index (χ0n) is 10.6. The van der Waals surface area contributed by atoms with Crippen molar-refractivity contribution in [3.63, 3.8) is 0 Å². The van der Waals surface area contributed by atoms with Crippen molar-refractivity contribution < 1.29 is 13.5 Å². The first-order valence-corrected chi connectivity index (χ1v) is 8.70. The van der Waals surface area contributed by atoms with Crippen molar-refractivity contribution >= 4 is 21.4 Å². The molecular formula is C13H17NO3S2. The molecule has 1 aromatic rings. The molecule has 4 nitrogen and oxygen atoms in total. The maximum Gasteiger partial charge on any atom is 0.214 e. The fourth-order valence-electron chi connectivity index (χ4n) is 1.93. The van der Waals surface area contributed by atoms with Crippen LogP contribution in [0, 0.1) is 11.8 Å². The summed E-state index contributed by atoms with van der Waals surface area (Å²) in [5.41, 5.74) is 0. The van der Waals surface area contributed by atoms with Crippen LogP contribution in [0.2, 0.25) is 0 Å². The Balaban J connectivity index is 2.02. The lowest BCUT2D eigenvalue weighted by Gasteiger charge is -2.25. The van der Waals surface area contributed by atoms with Crippen LogP contribution in [-0.4, -0.2) is 36.7 Å². The van der Waals surface area contributed by atoms with Crippen molar-refractivity contribution in [1.29, 1.82) is 0 Å². The highest BCUT2D eigenvalue weighted by Gasteiger charge is 2.25. The van der Waals surface area contributed by atoms with E-state index >= 15 is 0 Å². The maximum atomic E-state index is 11.9. The highest BCUT2D eigenvalue weighted by molar-refractivity contribution is 7.89. The Hall–Kier alpha value is -0.870. The lowest BCUT2D eigenvalue weighted by molar-refractivity contribution is 0.305. The third kappa shape index (κ3) is 4.05. The van der Waals surface area contributed by atoms with Crippen LogP contribution in [0.15, 0.2) is 12.1 Å². The van der Waals surface area contributed by atoms with Gasteiger partial charge in [0.1, 0.15) is 0 Å². The quantitative estimate of drug-likeness (QED) is 0.859. The van der Waals surface area contributed by atoms with Crippen LogP contribution in [0.3, 0.4) is 0 Å². The summed E-state index contributed by atoms with van der Waals surface area (Å²) in [4.78, 5) is 1.93. The normalized spacial score (nSPS) is 18.8. The van der Waals surface area contributed by atoms with Crippen LogP contribution in [-0.2, 0) is 16.6 Å². The van der Waals surface area contributed by atoms with E-state index in [9.17, 15) is 8.42 Å². The Morgan fingerprint density at radius 3 is 2.95 bits per heavy atom. The first-order chi connectivity index (χ1) is 9.12. The van der Waals surface area contributed by atoms with Crippen LogP contribution >= 0.6 is 11.3 Å². The van der Waals surface area contributed by atoms with Gasteiger partial charge in [-0.2, -0.15) is 4.31 Å². The van der Waals surface area contributed by atoms with Crippen molar-refractivity contribution in [3.05, 3.63) is 21.9 Å². The summed E-state index contributed by atoms with van der Waals surface area (Å²) in [7, 11) is -3.06. The molecule has 0 unspecified atom stereocenters. The van der Waals surface area contributed by atoms with E-state index in [1.807, 2.05) is 12.1 Å². The minimum Gasteiger partial charge on any atom is -0.395 e. The van der Waals surface area contributed by atoms with E-state index in [4.69, 9.17) is 5.11 Å². The molecule has 0 aliphatic carbocycles. The van der Waals surface area contributed by atoms with Gasteiger partial charge in [-0.05, 0) is 25.0 Å². The fraction of sp³-hybridized carbons (Fsp3) is 0.538. The largest absolute Gasteiger partial charge is 0.395 e. The second-order valence-electron chi connectivity index (χ2n) is 4.40. The molecule has 1 aromatic heterocycles. The summed E-state index contributed by atoms with van der Waals surface area (Å²) in [5.74, 6) is 6.09. The average Bonchev–Trinajstić information content (AvgIpc) is 2.80. The predicted molar refractivity (Wildman–Crippen MR) is 76.3 cm³/mol. The van der Waals surface area contributed by atoms with Crippen molar-refractivity contribution in [2.24, 2.45) is 0 Å². The van der Waals surface area contributed by atoms with E-state index in [0.29, 0.717) is 19.5 Å². The molecule has 6 heteroatoms. The lowest BCUT2D eigenvalue weighted by atomic mass is 10.3. The summed E-state index contributed by atoms with van der Waals surface area (Å²) in [5, 5.41) is 8.65. The minimum absolute atomic E-state index is 0.0667. The summed E-state index contributed by atoms with van der Waals surface area (Å²) in [6.45, 7) is 1.14. The van der Waals surface area contributed by atoms with Gasteiger partial charge in [0.2, 0.25) is 10.0 Å². The van der Waals surface area contributed by atoms with E-state index < -0.39 is 10.0 Å². The third-order valence-electron chi connectivity index (χ3n) is 2.90. The van der Waals surface area contributed by atoms with Crippen LogP contribution in [0.1, 0.15) is 29.0 Å². The van der Waals surface area contributed by atoms with E-state index in [1.165, 1.54) is 11.3 Å². The SMILES string of the molecule is O=S1(=O)CCCCN1Cc1ccc(C#CCCO)s1. The summed E-state index contributed by atoms with van der Waals surface area (Å²) in [6.07, 6.45) is 2.17. The zero-order valence-corrected chi connectivity index (χ0v) is 12.3. The number of aliphatic hydroxyl groups excluding tert-OH is 1. The summed E-state index contributed by atoms with van der Waals surface area (Å²) < 4.78 is 25.3. The molecule has 2 rings (SSSR count). The van der Waals surface area contributed by atoms with Gasteiger partial charge in [-0.15, -0.1) is 11.3 Å². The number of nitrogens with zero attached hydrogens (tertiary/aromatic N) is 1. The van der Waals surface area contributed by atoms with Crippen LogP contribution in [0.4, 0.5) is 0 Å². The first-order valence-electron chi connectivity index (χ1n) is 6.28. The molecule has 0 spiro atoms. The van der Waals surface area contributed by atoms with E-state index in [2.05, 4.69) is 11.8 Å². The van der Waals surface area contributed by atoms with Crippen LogP contribution in [0.25, 0.3) is 0 Å². The zero-order chi connectivity index (χ0) is 13.7. The molecular weight excluding hydrogens is 282 g/mol. The number of rotatable bonds is 3. The fourth-order valence-corrected chi connectivity index (χ4v) is 4.48. The molecule has 1 saturated heterocycles. The van der Waals surface area contributed by atoms with Crippen molar-refractivity contribution in [2.75, 3.05) is 18.9 Å². The molecule has 0 saturated carbocycles. The van der Waals surface area contributed by atoms with Gasteiger partial charge in [-0.1, -0.05) is 11.8 Å². The maximum absolute atomic E-state index is 11.9. The number of hydrogen-bond acceptors (Lipinski definition) is 4. The number of hydrogen-bond donors (Lipinski definition) is 1. The highest BCUT2D eigenvalue weighted by Crippen LogP contribution is 2.22. The average molecular weight is 299 g/mol. The summed E-state index contributed by atoms with van der Waals surface area (Å²) >= 11 is 1.52. The molecule has 1 aliphatic heterocycles. The molecule has 0 bridgehead atoms. The minimum atomic E-state index is -3.06.